The van der Waals surface area contributed by atoms with Gasteiger partial charge in [-0.05, 0) is 53.8 Å². The molecule has 1 atom stereocenters. The van der Waals surface area contributed by atoms with Gasteiger partial charge in [0.15, 0.2) is 0 Å². The van der Waals surface area contributed by atoms with Gasteiger partial charge in [0.05, 0.1) is 6.04 Å². The van der Waals surface area contributed by atoms with Crippen LogP contribution in [0.4, 0.5) is 0 Å². The number of rotatable bonds is 5. The van der Waals surface area contributed by atoms with Crippen molar-refractivity contribution in [2.75, 3.05) is 0 Å². The molecule has 2 N–H and O–H groups in total. The first kappa shape index (κ1) is 21.2. The largest absolute Gasteiger partial charge is 0.507 e. The van der Waals surface area contributed by atoms with Gasteiger partial charge in [0.25, 0.3) is 5.91 Å². The first-order valence-corrected chi connectivity index (χ1v) is 11.2. The van der Waals surface area contributed by atoms with Crippen molar-refractivity contribution in [1.82, 2.24) is 20.1 Å². The summed E-state index contributed by atoms with van der Waals surface area (Å²) in [6.45, 7) is 4.34. The number of hydrogen-bond acceptors (Lipinski definition) is 4. The monoisotopic (exact) mass is 458 g/mol. The number of carbonyl (C=O) groups is 1. The fraction of sp³-hybridized carbons (Fsp3) is 0.192. The summed E-state index contributed by atoms with van der Waals surface area (Å²) >= 11 is 6.37. The molecule has 33 heavy (non-hydrogen) atoms. The average molecular weight is 459 g/mol. The van der Waals surface area contributed by atoms with Crippen molar-refractivity contribution in [3.63, 3.8) is 0 Å². The number of H-pyrrole nitrogens is 1. The van der Waals surface area contributed by atoms with E-state index >= 15 is 0 Å². The lowest BCUT2D eigenvalue weighted by molar-refractivity contribution is 0.0730. The van der Waals surface area contributed by atoms with E-state index in [1.54, 1.807) is 24.5 Å². The molecule has 0 radical (unpaired) electrons. The molecule has 6 nitrogen and oxygen atoms in total. The minimum Gasteiger partial charge on any atom is -0.507 e. The number of phenols is 1. The molecule has 7 heteroatoms. The van der Waals surface area contributed by atoms with Gasteiger partial charge in [-0.3, -0.25) is 14.9 Å². The number of fused-ring (bicyclic) bond motifs is 1. The molecule has 0 bridgehead atoms. The summed E-state index contributed by atoms with van der Waals surface area (Å²) in [7, 11) is 0. The van der Waals surface area contributed by atoms with Crippen LogP contribution < -0.4 is 0 Å². The summed E-state index contributed by atoms with van der Waals surface area (Å²) in [5, 5.41) is 18.6. The van der Waals surface area contributed by atoms with Crippen molar-refractivity contribution in [3.05, 3.63) is 99.5 Å². The van der Waals surface area contributed by atoms with Crippen LogP contribution in [0.5, 0.6) is 5.75 Å². The second-order valence-corrected chi connectivity index (χ2v) is 8.68. The van der Waals surface area contributed by atoms with Crippen molar-refractivity contribution >= 4 is 17.5 Å². The summed E-state index contributed by atoms with van der Waals surface area (Å²) in [5.74, 6) is -0.0701. The van der Waals surface area contributed by atoms with Crippen LogP contribution >= 0.6 is 11.6 Å². The van der Waals surface area contributed by atoms with Crippen LogP contribution in [0.25, 0.3) is 11.3 Å². The molecule has 0 saturated carbocycles. The molecule has 2 aromatic carbocycles. The Morgan fingerprint density at radius 3 is 2.64 bits per heavy atom. The van der Waals surface area contributed by atoms with E-state index < -0.39 is 0 Å². The molecule has 2 aromatic heterocycles. The van der Waals surface area contributed by atoms with Crippen LogP contribution in [0.3, 0.4) is 0 Å². The molecule has 1 amide bonds. The van der Waals surface area contributed by atoms with Crippen LogP contribution in [0.1, 0.15) is 51.3 Å². The number of aromatic hydroxyl groups is 1. The predicted octanol–water partition coefficient (Wildman–Crippen LogP) is 5.45. The van der Waals surface area contributed by atoms with Gasteiger partial charge in [0.1, 0.15) is 17.1 Å². The maximum atomic E-state index is 13.5. The Hall–Kier alpha value is -3.64. The average Bonchev–Trinajstić information content (AvgIpc) is 3.36. The van der Waals surface area contributed by atoms with Gasteiger partial charge in [0, 0.05) is 35.1 Å². The van der Waals surface area contributed by atoms with E-state index in [4.69, 9.17) is 11.6 Å². The molecular formula is C26H23ClN4O2. The fourth-order valence-corrected chi connectivity index (χ4v) is 4.56. The third-order valence-electron chi connectivity index (χ3n) is 6.18. The Morgan fingerprint density at radius 1 is 1.15 bits per heavy atom. The Morgan fingerprint density at radius 2 is 1.94 bits per heavy atom. The number of aromatic amines is 1. The van der Waals surface area contributed by atoms with Crippen LogP contribution in [-0.4, -0.2) is 31.1 Å². The maximum absolute atomic E-state index is 13.5. The summed E-state index contributed by atoms with van der Waals surface area (Å²) in [6, 6.07) is 15.0. The van der Waals surface area contributed by atoms with E-state index in [2.05, 4.69) is 46.4 Å². The molecule has 0 spiro atoms. The summed E-state index contributed by atoms with van der Waals surface area (Å²) < 4.78 is 0. The standard InChI is InChI=1S/C26H23ClN4O2/c1-3-16-6-8-18(9-7-16)25-22-23(19-12-20(27)15(2)11-21(19)32)29-30-24(22)26(33)31(25)14-17-5-4-10-28-13-17/h4-13,25,32H,3,14H2,1-2H3,(H,29,30). The van der Waals surface area contributed by atoms with Crippen LogP contribution in [0, 0.1) is 6.92 Å². The number of hydrogen-bond donors (Lipinski definition) is 2. The number of pyridine rings is 1. The predicted molar refractivity (Wildman–Crippen MR) is 127 cm³/mol. The van der Waals surface area contributed by atoms with Crippen molar-refractivity contribution in [2.45, 2.75) is 32.9 Å². The molecule has 1 aliphatic heterocycles. The highest BCUT2D eigenvalue weighted by Gasteiger charge is 2.42. The smallest absolute Gasteiger partial charge is 0.273 e. The third kappa shape index (κ3) is 3.66. The van der Waals surface area contributed by atoms with Gasteiger partial charge in [-0.15, -0.1) is 0 Å². The quantitative estimate of drug-likeness (QED) is 0.416. The summed E-state index contributed by atoms with van der Waals surface area (Å²) in [6.07, 6.45) is 4.41. The summed E-state index contributed by atoms with van der Waals surface area (Å²) in [4.78, 5) is 19.5. The number of carbonyl (C=O) groups excluding carboxylic acids is 1. The van der Waals surface area contributed by atoms with Gasteiger partial charge >= 0.3 is 0 Å². The number of aryl methyl sites for hydroxylation is 2. The second kappa shape index (κ2) is 8.37. The lowest BCUT2D eigenvalue weighted by atomic mass is 9.94. The Labute approximate surface area is 196 Å². The lowest BCUT2D eigenvalue weighted by Crippen LogP contribution is -2.29. The zero-order valence-corrected chi connectivity index (χ0v) is 19.1. The molecule has 0 fully saturated rings. The van der Waals surface area contributed by atoms with E-state index in [1.807, 2.05) is 24.0 Å². The maximum Gasteiger partial charge on any atom is 0.273 e. The molecule has 166 valence electrons. The van der Waals surface area contributed by atoms with E-state index in [0.29, 0.717) is 28.5 Å². The lowest BCUT2D eigenvalue weighted by Gasteiger charge is -2.26. The molecule has 0 saturated heterocycles. The molecule has 0 aliphatic carbocycles. The van der Waals surface area contributed by atoms with Crippen LogP contribution in [0.15, 0.2) is 60.9 Å². The first-order chi connectivity index (χ1) is 16.0. The Kier molecular flexibility index (Phi) is 5.38. The summed E-state index contributed by atoms with van der Waals surface area (Å²) in [5.41, 5.74) is 6.08. The third-order valence-corrected chi connectivity index (χ3v) is 6.58. The number of phenolic OH excluding ortho intramolecular Hbond substituents is 1. The topological polar surface area (TPSA) is 82.1 Å². The van der Waals surface area contributed by atoms with Gasteiger partial charge in [-0.25, -0.2) is 0 Å². The van der Waals surface area contributed by atoms with E-state index in [0.717, 1.165) is 28.7 Å². The van der Waals surface area contributed by atoms with E-state index in [-0.39, 0.29) is 17.7 Å². The van der Waals surface area contributed by atoms with Crippen molar-refractivity contribution in [2.24, 2.45) is 0 Å². The number of nitrogens with zero attached hydrogens (tertiary/aromatic N) is 3. The zero-order valence-electron chi connectivity index (χ0n) is 18.3. The highest BCUT2D eigenvalue weighted by molar-refractivity contribution is 6.31. The minimum absolute atomic E-state index is 0.0736. The number of halogens is 1. The highest BCUT2D eigenvalue weighted by atomic mass is 35.5. The zero-order chi connectivity index (χ0) is 23.1. The number of amides is 1. The second-order valence-electron chi connectivity index (χ2n) is 8.27. The van der Waals surface area contributed by atoms with E-state index in [1.165, 1.54) is 5.56 Å². The molecule has 1 aliphatic rings. The first-order valence-electron chi connectivity index (χ1n) is 10.8. The SMILES string of the molecule is CCc1ccc(C2c3c(-c4cc(Cl)c(C)cc4O)n[nH]c3C(=O)N2Cc2cccnc2)cc1. The number of aromatic nitrogens is 3. The fourth-order valence-electron chi connectivity index (χ4n) is 4.39. The Balaban J connectivity index is 1.67. The molecule has 1 unspecified atom stereocenters. The molecule has 5 rings (SSSR count). The number of nitrogens with one attached hydrogen (secondary N) is 1. The van der Waals surface area contributed by atoms with Gasteiger partial charge in [-0.1, -0.05) is 48.9 Å². The van der Waals surface area contributed by atoms with Crippen molar-refractivity contribution in [1.29, 1.82) is 0 Å². The van der Waals surface area contributed by atoms with Crippen LogP contribution in [0.2, 0.25) is 5.02 Å². The highest BCUT2D eigenvalue weighted by Crippen LogP contribution is 2.45. The molecule has 3 heterocycles. The van der Waals surface area contributed by atoms with Crippen LogP contribution in [-0.2, 0) is 13.0 Å². The van der Waals surface area contributed by atoms with Gasteiger partial charge in [0.2, 0.25) is 0 Å². The van der Waals surface area contributed by atoms with E-state index in [9.17, 15) is 9.90 Å². The van der Waals surface area contributed by atoms with Gasteiger partial charge in [-0.2, -0.15) is 5.10 Å². The Bertz CT molecular complexity index is 1330. The number of benzene rings is 2. The molecule has 4 aromatic rings. The van der Waals surface area contributed by atoms with Crippen molar-refractivity contribution in [3.8, 4) is 17.0 Å². The minimum atomic E-state index is -0.369. The van der Waals surface area contributed by atoms with Gasteiger partial charge < -0.3 is 10.0 Å². The normalized spacial score (nSPS) is 15.2. The molecular weight excluding hydrogens is 436 g/mol. The van der Waals surface area contributed by atoms with Crippen molar-refractivity contribution < 1.29 is 9.90 Å².